The van der Waals surface area contributed by atoms with E-state index in [4.69, 9.17) is 4.42 Å². The minimum Gasteiger partial charge on any atom is -0.451 e. The standard InChI is InChI=1S/C19H15FN2O3/c1-12-8-13(6-7-17(12)20)18(23)15-4-2-3-5-16(15)19(24)21-9-14-10-25-11-22-14/h2-8,10-11H,9H2,1H3,(H,21,24). The molecule has 3 rings (SSSR count). The molecule has 1 N–H and O–H groups in total. The third-order valence-electron chi connectivity index (χ3n) is 3.75. The van der Waals surface area contributed by atoms with Crippen molar-refractivity contribution in [1.82, 2.24) is 10.3 Å². The summed E-state index contributed by atoms with van der Waals surface area (Å²) in [5, 5.41) is 2.69. The average Bonchev–Trinajstić information content (AvgIpc) is 3.15. The minimum absolute atomic E-state index is 0.188. The van der Waals surface area contributed by atoms with Gasteiger partial charge in [-0.25, -0.2) is 9.37 Å². The van der Waals surface area contributed by atoms with E-state index in [1.54, 1.807) is 31.2 Å². The van der Waals surface area contributed by atoms with Crippen LogP contribution in [0.2, 0.25) is 0 Å². The highest BCUT2D eigenvalue weighted by Crippen LogP contribution is 2.17. The summed E-state index contributed by atoms with van der Waals surface area (Å²) in [6.07, 6.45) is 2.70. The van der Waals surface area contributed by atoms with Crippen molar-refractivity contribution in [1.29, 1.82) is 0 Å². The van der Waals surface area contributed by atoms with Crippen LogP contribution in [0.25, 0.3) is 0 Å². The fourth-order valence-corrected chi connectivity index (χ4v) is 2.41. The first-order chi connectivity index (χ1) is 12.1. The summed E-state index contributed by atoms with van der Waals surface area (Å²) in [6.45, 7) is 1.77. The smallest absolute Gasteiger partial charge is 0.252 e. The summed E-state index contributed by atoms with van der Waals surface area (Å²) in [6, 6.07) is 10.6. The quantitative estimate of drug-likeness (QED) is 0.725. The van der Waals surface area contributed by atoms with Gasteiger partial charge >= 0.3 is 0 Å². The van der Waals surface area contributed by atoms with E-state index in [0.717, 1.165) is 0 Å². The normalized spacial score (nSPS) is 10.5. The molecule has 0 radical (unpaired) electrons. The van der Waals surface area contributed by atoms with Gasteiger partial charge in [0, 0.05) is 11.1 Å². The number of oxazole rings is 1. The van der Waals surface area contributed by atoms with Crippen LogP contribution in [0.4, 0.5) is 4.39 Å². The first kappa shape index (κ1) is 16.6. The lowest BCUT2D eigenvalue weighted by atomic mass is 9.97. The second-order valence-electron chi connectivity index (χ2n) is 5.50. The van der Waals surface area contributed by atoms with Crippen LogP contribution in [-0.2, 0) is 6.54 Å². The van der Waals surface area contributed by atoms with Gasteiger partial charge in [0.25, 0.3) is 5.91 Å². The van der Waals surface area contributed by atoms with Crippen molar-refractivity contribution in [2.24, 2.45) is 0 Å². The molecule has 0 saturated carbocycles. The first-order valence-electron chi connectivity index (χ1n) is 7.61. The largest absolute Gasteiger partial charge is 0.451 e. The van der Waals surface area contributed by atoms with E-state index in [-0.39, 0.29) is 29.3 Å². The van der Waals surface area contributed by atoms with Gasteiger partial charge in [0.1, 0.15) is 12.1 Å². The van der Waals surface area contributed by atoms with Crippen molar-refractivity contribution >= 4 is 11.7 Å². The van der Waals surface area contributed by atoms with Crippen LogP contribution in [0.1, 0.15) is 37.5 Å². The number of benzene rings is 2. The molecule has 2 aromatic carbocycles. The molecule has 25 heavy (non-hydrogen) atoms. The molecular formula is C19H15FN2O3. The summed E-state index contributed by atoms with van der Waals surface area (Å²) >= 11 is 0. The van der Waals surface area contributed by atoms with Crippen LogP contribution < -0.4 is 5.32 Å². The molecule has 126 valence electrons. The van der Waals surface area contributed by atoms with Gasteiger partial charge in [-0.3, -0.25) is 9.59 Å². The van der Waals surface area contributed by atoms with E-state index in [1.807, 2.05) is 0 Å². The number of rotatable bonds is 5. The van der Waals surface area contributed by atoms with Gasteiger partial charge in [-0.1, -0.05) is 18.2 Å². The Morgan fingerprint density at radius 3 is 2.60 bits per heavy atom. The lowest BCUT2D eigenvalue weighted by molar-refractivity contribution is 0.0939. The Bertz CT molecular complexity index is 920. The third kappa shape index (κ3) is 3.63. The number of hydrogen-bond donors (Lipinski definition) is 1. The lowest BCUT2D eigenvalue weighted by Crippen LogP contribution is -2.25. The number of carbonyl (C=O) groups is 2. The fraction of sp³-hybridized carbons (Fsp3) is 0.105. The molecule has 0 bridgehead atoms. The number of nitrogens with one attached hydrogen (secondary N) is 1. The predicted octanol–water partition coefficient (Wildman–Crippen LogP) is 3.28. The number of halogens is 1. The maximum Gasteiger partial charge on any atom is 0.252 e. The molecule has 0 spiro atoms. The van der Waals surface area contributed by atoms with Crippen LogP contribution in [0.5, 0.6) is 0 Å². The van der Waals surface area contributed by atoms with Crippen LogP contribution in [-0.4, -0.2) is 16.7 Å². The molecule has 6 heteroatoms. The van der Waals surface area contributed by atoms with Crippen molar-refractivity contribution in [3.8, 4) is 0 Å². The van der Waals surface area contributed by atoms with E-state index < -0.39 is 5.91 Å². The zero-order chi connectivity index (χ0) is 17.8. The number of hydrogen-bond acceptors (Lipinski definition) is 4. The summed E-state index contributed by atoms with van der Waals surface area (Å²) < 4.78 is 18.3. The average molecular weight is 338 g/mol. The third-order valence-corrected chi connectivity index (χ3v) is 3.75. The molecule has 3 aromatic rings. The summed E-state index contributed by atoms with van der Waals surface area (Å²) in [5.41, 5.74) is 1.78. The van der Waals surface area contributed by atoms with Gasteiger partial charge in [0.15, 0.2) is 12.2 Å². The van der Waals surface area contributed by atoms with E-state index >= 15 is 0 Å². The van der Waals surface area contributed by atoms with Gasteiger partial charge in [0.2, 0.25) is 0 Å². The molecule has 1 heterocycles. The molecule has 1 amide bonds. The molecule has 0 saturated heterocycles. The predicted molar refractivity (Wildman–Crippen MR) is 88.7 cm³/mol. The topological polar surface area (TPSA) is 72.2 Å². The number of amides is 1. The highest BCUT2D eigenvalue weighted by Gasteiger charge is 2.18. The number of aromatic nitrogens is 1. The molecule has 5 nitrogen and oxygen atoms in total. The Kier molecular flexibility index (Phi) is 4.70. The van der Waals surface area contributed by atoms with Gasteiger partial charge in [-0.15, -0.1) is 0 Å². The van der Waals surface area contributed by atoms with Crippen LogP contribution >= 0.6 is 0 Å². The molecule has 0 aliphatic heterocycles. The maximum atomic E-state index is 13.4. The fourth-order valence-electron chi connectivity index (χ4n) is 2.41. The van der Waals surface area contributed by atoms with Crippen molar-refractivity contribution in [3.05, 3.63) is 88.9 Å². The van der Waals surface area contributed by atoms with Crippen LogP contribution in [0.3, 0.4) is 0 Å². The van der Waals surface area contributed by atoms with Crippen molar-refractivity contribution in [3.63, 3.8) is 0 Å². The summed E-state index contributed by atoms with van der Waals surface area (Å²) in [5.74, 6) is -1.11. The van der Waals surface area contributed by atoms with Gasteiger partial charge in [0.05, 0.1) is 17.8 Å². The molecule has 0 fully saturated rings. The molecule has 0 aliphatic carbocycles. The Morgan fingerprint density at radius 2 is 1.92 bits per heavy atom. The van der Waals surface area contributed by atoms with E-state index in [2.05, 4.69) is 10.3 Å². The Hall–Kier alpha value is -3.28. The molecule has 1 aromatic heterocycles. The van der Waals surface area contributed by atoms with Crippen molar-refractivity contribution in [2.75, 3.05) is 0 Å². The molecule has 0 aliphatic rings. The Balaban J connectivity index is 1.85. The second-order valence-corrected chi connectivity index (χ2v) is 5.50. The summed E-state index contributed by atoms with van der Waals surface area (Å²) in [7, 11) is 0. The number of carbonyl (C=O) groups excluding carboxylic acids is 2. The van der Waals surface area contributed by atoms with Crippen LogP contribution in [0.15, 0.2) is 59.5 Å². The van der Waals surface area contributed by atoms with E-state index in [1.165, 1.54) is 30.9 Å². The zero-order valence-corrected chi connectivity index (χ0v) is 13.5. The van der Waals surface area contributed by atoms with Crippen molar-refractivity contribution in [2.45, 2.75) is 13.5 Å². The Morgan fingerprint density at radius 1 is 1.16 bits per heavy atom. The molecule has 0 unspecified atom stereocenters. The zero-order valence-electron chi connectivity index (χ0n) is 13.5. The minimum atomic E-state index is -0.397. The maximum absolute atomic E-state index is 13.4. The van der Waals surface area contributed by atoms with Gasteiger partial charge < -0.3 is 9.73 Å². The van der Waals surface area contributed by atoms with Crippen LogP contribution in [0, 0.1) is 12.7 Å². The van der Waals surface area contributed by atoms with Gasteiger partial charge in [-0.2, -0.15) is 0 Å². The van der Waals surface area contributed by atoms with Gasteiger partial charge in [-0.05, 0) is 36.8 Å². The van der Waals surface area contributed by atoms with Crippen molar-refractivity contribution < 1.29 is 18.4 Å². The highest BCUT2D eigenvalue weighted by atomic mass is 19.1. The van der Waals surface area contributed by atoms with E-state index in [0.29, 0.717) is 16.8 Å². The Labute approximate surface area is 143 Å². The highest BCUT2D eigenvalue weighted by molar-refractivity contribution is 6.15. The first-order valence-corrected chi connectivity index (χ1v) is 7.61. The monoisotopic (exact) mass is 338 g/mol. The lowest BCUT2D eigenvalue weighted by Gasteiger charge is -2.09. The SMILES string of the molecule is Cc1cc(C(=O)c2ccccc2C(=O)NCc2cocn2)ccc1F. The number of ketones is 1. The number of nitrogens with zero attached hydrogens (tertiary/aromatic N) is 1. The number of aryl methyl sites for hydroxylation is 1. The molecule has 0 atom stereocenters. The second kappa shape index (κ2) is 7.09. The molecular weight excluding hydrogens is 323 g/mol. The van der Waals surface area contributed by atoms with E-state index in [9.17, 15) is 14.0 Å². The summed E-state index contributed by atoms with van der Waals surface area (Å²) in [4.78, 5) is 29.1.